The summed E-state index contributed by atoms with van der Waals surface area (Å²) in [5.41, 5.74) is 0. The molecule has 0 aromatic heterocycles. The Morgan fingerprint density at radius 3 is 2.75 bits per heavy atom. The van der Waals surface area contributed by atoms with Crippen LogP contribution in [0, 0.1) is 0 Å². The minimum Gasteiger partial charge on any atom is -0.344 e. The first kappa shape index (κ1) is 5.95. The van der Waals surface area contributed by atoms with E-state index in [4.69, 9.17) is 0 Å². The average molecular weight is 131 g/mol. The molecule has 0 aromatic carbocycles. The molecular weight excluding hydrogens is 122 g/mol. The first-order chi connectivity index (χ1) is 3.83. The van der Waals surface area contributed by atoms with Crippen LogP contribution in [0.25, 0.3) is 0 Å². The van der Waals surface area contributed by atoms with Gasteiger partial charge >= 0.3 is 0 Å². The van der Waals surface area contributed by atoms with E-state index in [2.05, 4.69) is 12.6 Å². The van der Waals surface area contributed by atoms with E-state index in [0.29, 0.717) is 5.25 Å². The summed E-state index contributed by atoms with van der Waals surface area (Å²) in [6.07, 6.45) is 1.93. The number of nitrogens with zero attached hydrogens (tertiary/aromatic N) is 1. The van der Waals surface area contributed by atoms with E-state index in [1.807, 2.05) is 0 Å². The van der Waals surface area contributed by atoms with Crippen LogP contribution in [0.4, 0.5) is 0 Å². The standard InChI is InChI=1S/C5H9NOS/c7-4-6-2-1-5(8)3-6/h4-5,8H,1-3H2/t5-/m0/s1. The lowest BCUT2D eigenvalue weighted by molar-refractivity contribution is -0.117. The summed E-state index contributed by atoms with van der Waals surface area (Å²) in [6, 6.07) is 0. The molecule has 46 valence electrons. The maximum atomic E-state index is 10.0. The molecule has 1 amide bonds. The fourth-order valence-corrected chi connectivity index (χ4v) is 1.19. The van der Waals surface area contributed by atoms with E-state index in [0.717, 1.165) is 25.9 Å². The molecule has 8 heavy (non-hydrogen) atoms. The minimum absolute atomic E-state index is 0.417. The van der Waals surface area contributed by atoms with Gasteiger partial charge < -0.3 is 4.90 Å². The van der Waals surface area contributed by atoms with Crippen LogP contribution in [0.1, 0.15) is 6.42 Å². The van der Waals surface area contributed by atoms with E-state index >= 15 is 0 Å². The van der Waals surface area contributed by atoms with Gasteiger partial charge in [-0.15, -0.1) is 0 Å². The lowest BCUT2D eigenvalue weighted by atomic mass is 10.4. The van der Waals surface area contributed by atoms with Crippen LogP contribution in [-0.4, -0.2) is 29.6 Å². The monoisotopic (exact) mass is 131 g/mol. The third-order valence-electron chi connectivity index (χ3n) is 1.34. The van der Waals surface area contributed by atoms with Crippen molar-refractivity contribution in [1.29, 1.82) is 0 Å². The molecule has 0 bridgehead atoms. The SMILES string of the molecule is O=CN1CC[C@H](S)C1. The largest absolute Gasteiger partial charge is 0.344 e. The number of rotatable bonds is 1. The molecule has 0 unspecified atom stereocenters. The van der Waals surface area contributed by atoms with Crippen LogP contribution in [0.15, 0.2) is 0 Å². The topological polar surface area (TPSA) is 20.3 Å². The first-order valence-electron chi connectivity index (χ1n) is 2.70. The van der Waals surface area contributed by atoms with Crippen molar-refractivity contribution in [1.82, 2.24) is 4.90 Å². The second-order valence-corrected chi connectivity index (χ2v) is 2.77. The minimum atomic E-state index is 0.417. The Labute approximate surface area is 54.3 Å². The van der Waals surface area contributed by atoms with Crippen molar-refractivity contribution < 1.29 is 4.79 Å². The van der Waals surface area contributed by atoms with Crippen molar-refractivity contribution in [3.63, 3.8) is 0 Å². The van der Waals surface area contributed by atoms with Gasteiger partial charge in [-0.2, -0.15) is 12.6 Å². The van der Waals surface area contributed by atoms with Gasteiger partial charge in [0.25, 0.3) is 0 Å². The molecule has 0 N–H and O–H groups in total. The lowest BCUT2D eigenvalue weighted by Crippen LogP contribution is -2.17. The highest BCUT2D eigenvalue weighted by Gasteiger charge is 2.16. The van der Waals surface area contributed by atoms with Crippen LogP contribution in [0.2, 0.25) is 0 Å². The van der Waals surface area contributed by atoms with Crippen LogP contribution < -0.4 is 0 Å². The zero-order valence-electron chi connectivity index (χ0n) is 4.58. The van der Waals surface area contributed by atoms with Crippen LogP contribution in [0.3, 0.4) is 0 Å². The Balaban J connectivity index is 2.32. The first-order valence-corrected chi connectivity index (χ1v) is 3.22. The van der Waals surface area contributed by atoms with E-state index in [-0.39, 0.29) is 0 Å². The maximum absolute atomic E-state index is 10.0. The van der Waals surface area contributed by atoms with Crippen molar-refractivity contribution in [3.8, 4) is 0 Å². The average Bonchev–Trinajstić information content (AvgIpc) is 2.14. The second kappa shape index (κ2) is 2.40. The number of likely N-dealkylation sites (tertiary alicyclic amines) is 1. The highest BCUT2D eigenvalue weighted by molar-refractivity contribution is 7.81. The quantitative estimate of drug-likeness (QED) is 0.396. The summed E-state index contributed by atoms with van der Waals surface area (Å²) in [6.45, 7) is 1.71. The molecule has 0 radical (unpaired) electrons. The summed E-state index contributed by atoms with van der Waals surface area (Å²) in [5, 5.41) is 0.417. The van der Waals surface area contributed by atoms with Gasteiger partial charge in [-0.3, -0.25) is 4.79 Å². The second-order valence-electron chi connectivity index (χ2n) is 2.04. The molecule has 2 nitrogen and oxygen atoms in total. The molecule has 1 saturated heterocycles. The number of hydrogen-bond acceptors (Lipinski definition) is 2. The van der Waals surface area contributed by atoms with Gasteiger partial charge in [-0.05, 0) is 6.42 Å². The van der Waals surface area contributed by atoms with E-state index in [1.54, 1.807) is 4.90 Å². The predicted molar refractivity (Wildman–Crippen MR) is 35.0 cm³/mol. The molecule has 1 fully saturated rings. The maximum Gasteiger partial charge on any atom is 0.209 e. The Morgan fingerprint density at radius 1 is 1.75 bits per heavy atom. The Morgan fingerprint density at radius 2 is 2.50 bits per heavy atom. The zero-order valence-corrected chi connectivity index (χ0v) is 5.47. The summed E-state index contributed by atoms with van der Waals surface area (Å²) in [7, 11) is 0. The molecule has 1 rings (SSSR count). The summed E-state index contributed by atoms with van der Waals surface area (Å²) >= 11 is 4.21. The molecule has 1 aliphatic heterocycles. The van der Waals surface area contributed by atoms with Crippen LogP contribution >= 0.6 is 12.6 Å². The predicted octanol–water partition coefficient (Wildman–Crippen LogP) is 0.147. The fraction of sp³-hybridized carbons (Fsp3) is 0.800. The highest BCUT2D eigenvalue weighted by Crippen LogP contribution is 2.11. The van der Waals surface area contributed by atoms with E-state index in [1.165, 1.54) is 0 Å². The van der Waals surface area contributed by atoms with E-state index < -0.39 is 0 Å². The van der Waals surface area contributed by atoms with Gasteiger partial charge in [-0.1, -0.05) is 0 Å². The number of amides is 1. The number of carbonyl (C=O) groups is 1. The van der Waals surface area contributed by atoms with Crippen molar-refractivity contribution >= 4 is 19.0 Å². The van der Waals surface area contributed by atoms with Gasteiger partial charge in [0.1, 0.15) is 0 Å². The van der Waals surface area contributed by atoms with E-state index in [9.17, 15) is 4.79 Å². The highest BCUT2D eigenvalue weighted by atomic mass is 32.1. The third kappa shape index (κ3) is 1.15. The molecule has 1 atom stereocenters. The Kier molecular flexibility index (Phi) is 1.78. The molecule has 0 spiro atoms. The van der Waals surface area contributed by atoms with Gasteiger partial charge in [-0.25, -0.2) is 0 Å². The number of thiol groups is 1. The van der Waals surface area contributed by atoms with Gasteiger partial charge in [0, 0.05) is 18.3 Å². The summed E-state index contributed by atoms with van der Waals surface area (Å²) < 4.78 is 0. The lowest BCUT2D eigenvalue weighted by Gasteiger charge is -2.04. The molecule has 0 saturated carbocycles. The van der Waals surface area contributed by atoms with Crippen molar-refractivity contribution in [2.24, 2.45) is 0 Å². The zero-order chi connectivity index (χ0) is 5.98. The van der Waals surface area contributed by atoms with Gasteiger partial charge in [0.2, 0.25) is 6.41 Å². The van der Waals surface area contributed by atoms with Gasteiger partial charge in [0.15, 0.2) is 0 Å². The normalized spacial score (nSPS) is 28.6. The Bertz CT molecular complexity index is 96.4. The van der Waals surface area contributed by atoms with Gasteiger partial charge in [0.05, 0.1) is 0 Å². The molecule has 0 aliphatic carbocycles. The van der Waals surface area contributed by atoms with Crippen LogP contribution in [-0.2, 0) is 4.79 Å². The van der Waals surface area contributed by atoms with Crippen molar-refractivity contribution in [2.45, 2.75) is 11.7 Å². The van der Waals surface area contributed by atoms with Crippen molar-refractivity contribution in [2.75, 3.05) is 13.1 Å². The fourth-order valence-electron chi connectivity index (χ4n) is 0.864. The summed E-state index contributed by atoms with van der Waals surface area (Å²) in [4.78, 5) is 11.8. The third-order valence-corrected chi connectivity index (χ3v) is 1.77. The van der Waals surface area contributed by atoms with Crippen molar-refractivity contribution in [3.05, 3.63) is 0 Å². The summed E-state index contributed by atoms with van der Waals surface area (Å²) in [5.74, 6) is 0. The number of hydrogen-bond donors (Lipinski definition) is 1. The molecule has 1 heterocycles. The molecule has 3 heteroatoms. The van der Waals surface area contributed by atoms with Crippen LogP contribution in [0.5, 0.6) is 0 Å². The molecule has 1 aliphatic rings. The molecule has 0 aromatic rings. The number of carbonyl (C=O) groups excluding carboxylic acids is 1. The Hall–Kier alpha value is -0.180. The smallest absolute Gasteiger partial charge is 0.209 e. The molecular formula is C5H9NOS.